The number of hydroxylamine groups is 2. The largest absolute Gasteiger partial charge is 0.475 e. The number of ether oxygens (including phenoxy) is 2. The van der Waals surface area contributed by atoms with Crippen LogP contribution >= 0.6 is 7.82 Å². The van der Waals surface area contributed by atoms with Crippen molar-refractivity contribution in [1.82, 2.24) is 5.06 Å². The van der Waals surface area contributed by atoms with Crippen LogP contribution in [0, 0.1) is 0 Å². The van der Waals surface area contributed by atoms with Gasteiger partial charge >= 0.3 is 7.82 Å². The van der Waals surface area contributed by atoms with Crippen molar-refractivity contribution in [3.05, 3.63) is 144 Å². The Morgan fingerprint density at radius 2 is 1.00 bits per heavy atom. The van der Waals surface area contributed by atoms with Crippen molar-refractivity contribution in [1.29, 1.82) is 0 Å². The fraction of sp³-hybridized carbons (Fsp3) is 0.265. The highest BCUT2D eigenvalue weighted by Gasteiger charge is 2.37. The van der Waals surface area contributed by atoms with Gasteiger partial charge in [-0.25, -0.2) is 9.63 Å². The first-order valence-electron chi connectivity index (χ1n) is 14.2. The molecule has 10 heteroatoms. The molecule has 4 aromatic carbocycles. The second-order valence-corrected chi connectivity index (χ2v) is 11.5. The molecular weight excluding hydrogens is 581 g/mol. The van der Waals surface area contributed by atoms with Crippen LogP contribution in [0.1, 0.15) is 22.3 Å². The van der Waals surface area contributed by atoms with E-state index in [1.165, 1.54) is 14.2 Å². The van der Waals surface area contributed by atoms with Crippen LogP contribution in [0.25, 0.3) is 0 Å². The molecule has 1 amide bonds. The Morgan fingerprint density at radius 1 is 0.614 bits per heavy atom. The summed E-state index contributed by atoms with van der Waals surface area (Å²) in [5.41, 5.74) is 3.31. The lowest BCUT2D eigenvalue weighted by atomic mass is 10.1. The van der Waals surface area contributed by atoms with E-state index in [9.17, 15) is 9.36 Å². The summed E-state index contributed by atoms with van der Waals surface area (Å²) in [6.07, 6.45) is -2.20. The maximum absolute atomic E-state index is 14.0. The minimum Gasteiger partial charge on any atom is -0.368 e. The van der Waals surface area contributed by atoms with Gasteiger partial charge in [0, 0.05) is 7.05 Å². The SMILES string of the molecule is CON(C)C(=O)[C@@H](OCc1ccccc1)[C@@H](COP(=O)(OCc1ccccc1)OCc1ccccc1)OCc1ccccc1. The lowest BCUT2D eigenvalue weighted by Gasteiger charge is -2.30. The third kappa shape index (κ3) is 10.8. The van der Waals surface area contributed by atoms with Crippen molar-refractivity contribution in [2.24, 2.45) is 0 Å². The molecule has 0 saturated heterocycles. The molecule has 9 nitrogen and oxygen atoms in total. The molecule has 0 fully saturated rings. The van der Waals surface area contributed by atoms with Crippen molar-refractivity contribution < 1.29 is 37.2 Å². The minimum absolute atomic E-state index is 0.0122. The van der Waals surface area contributed by atoms with Crippen LogP contribution in [0.4, 0.5) is 0 Å². The summed E-state index contributed by atoms with van der Waals surface area (Å²) in [5, 5.41) is 1.06. The van der Waals surface area contributed by atoms with Gasteiger partial charge in [-0.15, -0.1) is 0 Å². The summed E-state index contributed by atoms with van der Waals surface area (Å²) in [7, 11) is -1.31. The number of hydrogen-bond acceptors (Lipinski definition) is 8. The fourth-order valence-corrected chi connectivity index (χ4v) is 5.27. The molecule has 0 aliphatic heterocycles. The summed E-state index contributed by atoms with van der Waals surface area (Å²) in [6.45, 7) is -0.101. The smallest absolute Gasteiger partial charge is 0.368 e. The number of nitrogens with zero attached hydrogens (tertiary/aromatic N) is 1. The van der Waals surface area contributed by atoms with Gasteiger partial charge in [-0.3, -0.25) is 23.2 Å². The molecule has 44 heavy (non-hydrogen) atoms. The number of phosphoric ester groups is 1. The van der Waals surface area contributed by atoms with E-state index in [4.69, 9.17) is 27.9 Å². The number of carbonyl (C=O) groups excluding carboxylic acids is 1. The van der Waals surface area contributed by atoms with E-state index in [2.05, 4.69) is 0 Å². The predicted octanol–water partition coefficient (Wildman–Crippen LogP) is 6.74. The van der Waals surface area contributed by atoms with Gasteiger partial charge in [0.25, 0.3) is 5.91 Å². The topological polar surface area (TPSA) is 92.8 Å². The normalized spacial score (nSPS) is 12.9. The molecule has 4 rings (SSSR count). The lowest BCUT2D eigenvalue weighted by molar-refractivity contribution is -0.194. The molecule has 4 aromatic rings. The first-order valence-corrected chi connectivity index (χ1v) is 15.7. The zero-order valence-electron chi connectivity index (χ0n) is 24.9. The quantitative estimate of drug-likeness (QED) is 0.0894. The lowest BCUT2D eigenvalue weighted by Crippen LogP contribution is -2.47. The molecule has 0 aliphatic rings. The summed E-state index contributed by atoms with van der Waals surface area (Å²) in [6, 6.07) is 37.5. The summed E-state index contributed by atoms with van der Waals surface area (Å²) < 4.78 is 43.9. The number of rotatable bonds is 18. The highest BCUT2D eigenvalue weighted by Crippen LogP contribution is 2.51. The third-order valence-electron chi connectivity index (χ3n) is 6.61. The molecule has 0 bridgehead atoms. The van der Waals surface area contributed by atoms with E-state index in [0.717, 1.165) is 27.3 Å². The van der Waals surface area contributed by atoms with Crippen molar-refractivity contribution in [3.63, 3.8) is 0 Å². The van der Waals surface area contributed by atoms with Gasteiger partial charge in [-0.05, 0) is 22.3 Å². The Kier molecular flexibility index (Phi) is 13.3. The molecule has 0 heterocycles. The number of phosphoric acid groups is 1. The second-order valence-electron chi connectivity index (χ2n) is 9.83. The van der Waals surface area contributed by atoms with Crippen LogP contribution in [0.15, 0.2) is 121 Å². The molecule has 0 aromatic heterocycles. The van der Waals surface area contributed by atoms with Crippen LogP contribution in [0.2, 0.25) is 0 Å². The van der Waals surface area contributed by atoms with Crippen molar-refractivity contribution in [2.75, 3.05) is 20.8 Å². The van der Waals surface area contributed by atoms with E-state index in [0.29, 0.717) is 0 Å². The van der Waals surface area contributed by atoms with E-state index in [-0.39, 0.29) is 33.0 Å². The number of likely N-dealkylation sites (N-methyl/N-ethyl adjacent to an activating group) is 1. The summed E-state index contributed by atoms with van der Waals surface area (Å²) >= 11 is 0. The van der Waals surface area contributed by atoms with Crippen LogP contribution in [-0.2, 0) is 63.7 Å². The van der Waals surface area contributed by atoms with Gasteiger partial charge in [-0.2, -0.15) is 0 Å². The van der Waals surface area contributed by atoms with Gasteiger partial charge in [0.05, 0.1) is 40.1 Å². The number of benzene rings is 4. The van der Waals surface area contributed by atoms with Crippen LogP contribution in [-0.4, -0.2) is 43.9 Å². The molecule has 0 spiro atoms. The van der Waals surface area contributed by atoms with E-state index in [1.807, 2.05) is 121 Å². The fourth-order valence-electron chi connectivity index (χ4n) is 4.10. The van der Waals surface area contributed by atoms with Gasteiger partial charge in [-0.1, -0.05) is 121 Å². The first kappa shape index (κ1) is 33.2. The molecule has 2 atom stereocenters. The average molecular weight is 620 g/mol. The Balaban J connectivity index is 1.57. The number of amides is 1. The molecule has 0 aliphatic carbocycles. The van der Waals surface area contributed by atoms with Crippen molar-refractivity contribution in [2.45, 2.75) is 38.6 Å². The predicted molar refractivity (Wildman–Crippen MR) is 166 cm³/mol. The van der Waals surface area contributed by atoms with Crippen LogP contribution in [0.3, 0.4) is 0 Å². The minimum atomic E-state index is -4.17. The number of carbonyl (C=O) groups is 1. The number of hydrogen-bond donors (Lipinski definition) is 0. The summed E-state index contributed by atoms with van der Waals surface area (Å²) in [4.78, 5) is 18.7. The van der Waals surface area contributed by atoms with Gasteiger partial charge in [0.15, 0.2) is 6.10 Å². The van der Waals surface area contributed by atoms with Crippen molar-refractivity contribution >= 4 is 13.7 Å². The van der Waals surface area contributed by atoms with E-state index >= 15 is 0 Å². The van der Waals surface area contributed by atoms with Gasteiger partial charge in [0.2, 0.25) is 0 Å². The molecule has 0 saturated carbocycles. The summed E-state index contributed by atoms with van der Waals surface area (Å²) in [5.74, 6) is -0.504. The molecule has 0 N–H and O–H groups in total. The van der Waals surface area contributed by atoms with Crippen molar-refractivity contribution in [3.8, 4) is 0 Å². The zero-order chi connectivity index (χ0) is 31.0. The highest BCUT2D eigenvalue weighted by molar-refractivity contribution is 7.48. The molecular formula is C34H38NO8P. The van der Waals surface area contributed by atoms with Crippen LogP contribution < -0.4 is 0 Å². The molecule has 0 unspecified atom stereocenters. The Hall–Kier alpha value is -3.66. The standard InChI is InChI=1S/C34H38NO8P/c1-35(38-2)34(36)33(40-24-29-17-9-4-10-18-29)32(39-23-28-15-7-3-8-16-28)27-43-44(37,41-25-30-19-11-5-12-20-30)42-26-31-21-13-6-14-22-31/h3-22,32-33H,23-27H2,1-2H3/t32-,33+/m1/s1. The second kappa shape index (κ2) is 17.6. The Morgan fingerprint density at radius 3 is 1.41 bits per heavy atom. The Labute approximate surface area is 258 Å². The first-order chi connectivity index (χ1) is 21.5. The van der Waals surface area contributed by atoms with Crippen LogP contribution in [0.5, 0.6) is 0 Å². The zero-order valence-corrected chi connectivity index (χ0v) is 25.8. The maximum atomic E-state index is 14.0. The highest BCUT2D eigenvalue weighted by atomic mass is 31.2. The van der Waals surface area contributed by atoms with Gasteiger partial charge in [0.1, 0.15) is 6.10 Å². The Bertz CT molecular complexity index is 1380. The monoisotopic (exact) mass is 619 g/mol. The average Bonchev–Trinajstić information content (AvgIpc) is 3.08. The third-order valence-corrected chi connectivity index (χ3v) is 7.96. The molecule has 0 radical (unpaired) electrons. The molecule has 232 valence electrons. The maximum Gasteiger partial charge on any atom is 0.475 e. The van der Waals surface area contributed by atoms with E-state index in [1.54, 1.807) is 0 Å². The van der Waals surface area contributed by atoms with Gasteiger partial charge < -0.3 is 9.47 Å². The van der Waals surface area contributed by atoms with E-state index < -0.39 is 25.9 Å².